The number of anilines is 1. The Morgan fingerprint density at radius 2 is 1.77 bits per heavy atom. The van der Waals surface area contributed by atoms with Crippen molar-refractivity contribution in [1.29, 1.82) is 0 Å². The molecule has 0 unspecified atom stereocenters. The van der Waals surface area contributed by atoms with Crippen molar-refractivity contribution in [2.75, 3.05) is 5.32 Å². The Kier molecular flexibility index (Phi) is 5.65. The molecule has 150 valence electrons. The molecule has 0 radical (unpaired) electrons. The Morgan fingerprint density at radius 3 is 2.43 bits per heavy atom. The monoisotopic (exact) mass is 484 g/mol. The summed E-state index contributed by atoms with van der Waals surface area (Å²) in [6.07, 6.45) is 0. The number of halogens is 3. The lowest BCUT2D eigenvalue weighted by molar-refractivity contribution is 0.101. The van der Waals surface area contributed by atoms with E-state index in [1.165, 1.54) is 24.3 Å². The molecule has 1 aromatic heterocycles. The van der Waals surface area contributed by atoms with Gasteiger partial charge in [-0.05, 0) is 61.0 Å². The Balaban J connectivity index is 1.76. The highest BCUT2D eigenvalue weighted by Gasteiger charge is 2.19. The second kappa shape index (κ2) is 8.38. The van der Waals surface area contributed by atoms with Crippen molar-refractivity contribution >= 4 is 39.1 Å². The van der Waals surface area contributed by atoms with Crippen LogP contribution in [0.2, 0.25) is 5.02 Å². The zero-order valence-electron chi connectivity index (χ0n) is 15.7. The van der Waals surface area contributed by atoms with Gasteiger partial charge in [-0.3, -0.25) is 4.79 Å². The molecule has 30 heavy (non-hydrogen) atoms. The van der Waals surface area contributed by atoms with Crippen LogP contribution in [0.3, 0.4) is 0 Å². The minimum Gasteiger partial charge on any atom is -0.319 e. The molecule has 0 bridgehead atoms. The average Bonchev–Trinajstić information content (AvgIpc) is 3.18. The minimum atomic E-state index is -0.503. The van der Waals surface area contributed by atoms with E-state index in [1.807, 2.05) is 43.3 Å². The van der Waals surface area contributed by atoms with E-state index in [4.69, 9.17) is 11.6 Å². The molecule has 0 aliphatic heterocycles. The van der Waals surface area contributed by atoms with E-state index < -0.39 is 5.91 Å². The average molecular weight is 486 g/mol. The molecule has 5 nitrogen and oxygen atoms in total. The van der Waals surface area contributed by atoms with Gasteiger partial charge in [0.15, 0.2) is 5.82 Å². The van der Waals surface area contributed by atoms with Gasteiger partial charge in [0.1, 0.15) is 5.82 Å². The molecule has 0 aliphatic rings. The van der Waals surface area contributed by atoms with Gasteiger partial charge >= 0.3 is 0 Å². The SMILES string of the molecule is Cc1ccc(-n2nc(C(=O)Nc3ccc(F)cc3)nc2-c2ccc(Br)cc2)cc1Cl. The van der Waals surface area contributed by atoms with Crippen molar-refractivity contribution in [3.05, 3.63) is 93.4 Å². The molecular weight excluding hydrogens is 471 g/mol. The normalized spacial score (nSPS) is 10.8. The summed E-state index contributed by atoms with van der Waals surface area (Å²) < 4.78 is 15.6. The molecule has 0 saturated heterocycles. The standard InChI is InChI=1S/C22H15BrClFN4O/c1-13-2-11-18(12-19(13)24)29-21(14-3-5-15(23)6-4-14)27-20(28-29)22(30)26-17-9-7-16(25)8-10-17/h2-12H,1H3,(H,26,30). The number of nitrogens with zero attached hydrogens (tertiary/aromatic N) is 3. The van der Waals surface area contributed by atoms with Gasteiger partial charge in [0.2, 0.25) is 5.82 Å². The van der Waals surface area contributed by atoms with Gasteiger partial charge in [-0.25, -0.2) is 14.1 Å². The first-order valence-electron chi connectivity index (χ1n) is 8.97. The molecule has 1 N–H and O–H groups in total. The van der Waals surface area contributed by atoms with Gasteiger partial charge in [0.25, 0.3) is 5.91 Å². The molecular formula is C22H15BrClFN4O. The maximum Gasteiger partial charge on any atom is 0.295 e. The minimum absolute atomic E-state index is 0.0195. The molecule has 8 heteroatoms. The maximum atomic E-state index is 13.1. The van der Waals surface area contributed by atoms with Crippen LogP contribution in [0.25, 0.3) is 17.1 Å². The first-order valence-corrected chi connectivity index (χ1v) is 10.1. The molecule has 4 aromatic rings. The highest BCUT2D eigenvalue weighted by molar-refractivity contribution is 9.10. The van der Waals surface area contributed by atoms with Crippen LogP contribution in [0.1, 0.15) is 16.2 Å². The van der Waals surface area contributed by atoms with Crippen LogP contribution >= 0.6 is 27.5 Å². The summed E-state index contributed by atoms with van der Waals surface area (Å²) >= 11 is 9.71. The lowest BCUT2D eigenvalue weighted by Crippen LogP contribution is -2.14. The molecule has 1 amide bonds. The Hall–Kier alpha value is -3.03. The molecule has 0 aliphatic carbocycles. The quantitative estimate of drug-likeness (QED) is 0.383. The van der Waals surface area contributed by atoms with Crippen molar-refractivity contribution in [2.45, 2.75) is 6.92 Å². The van der Waals surface area contributed by atoms with Crippen LogP contribution in [0.4, 0.5) is 10.1 Å². The van der Waals surface area contributed by atoms with E-state index in [0.717, 1.165) is 15.6 Å². The second-order valence-electron chi connectivity index (χ2n) is 6.57. The number of benzene rings is 3. The summed E-state index contributed by atoms with van der Waals surface area (Å²) in [5, 5.41) is 7.68. The lowest BCUT2D eigenvalue weighted by Gasteiger charge is -2.07. The summed E-state index contributed by atoms with van der Waals surface area (Å²) in [7, 11) is 0. The molecule has 3 aromatic carbocycles. The Labute approximate surface area is 185 Å². The van der Waals surface area contributed by atoms with Crippen LogP contribution in [-0.4, -0.2) is 20.7 Å². The number of aromatic nitrogens is 3. The van der Waals surface area contributed by atoms with Gasteiger partial charge in [0.05, 0.1) is 5.69 Å². The topological polar surface area (TPSA) is 59.8 Å². The molecule has 0 atom stereocenters. The van der Waals surface area contributed by atoms with Crippen LogP contribution in [0.15, 0.2) is 71.2 Å². The predicted octanol–water partition coefficient (Wildman–Crippen LogP) is 6.05. The zero-order valence-corrected chi connectivity index (χ0v) is 18.1. The Bertz CT molecular complexity index is 1220. The lowest BCUT2D eigenvalue weighted by atomic mass is 10.2. The summed E-state index contributed by atoms with van der Waals surface area (Å²) in [4.78, 5) is 17.2. The summed E-state index contributed by atoms with van der Waals surface area (Å²) in [6, 6.07) is 18.5. The van der Waals surface area contributed by atoms with Crippen molar-refractivity contribution in [3.63, 3.8) is 0 Å². The van der Waals surface area contributed by atoms with E-state index in [9.17, 15) is 9.18 Å². The fraction of sp³-hybridized carbons (Fsp3) is 0.0455. The van der Waals surface area contributed by atoms with Crippen molar-refractivity contribution in [1.82, 2.24) is 14.8 Å². The van der Waals surface area contributed by atoms with E-state index >= 15 is 0 Å². The Morgan fingerprint density at radius 1 is 1.07 bits per heavy atom. The van der Waals surface area contributed by atoms with Crippen LogP contribution in [-0.2, 0) is 0 Å². The van der Waals surface area contributed by atoms with Crippen molar-refractivity contribution in [3.8, 4) is 17.1 Å². The van der Waals surface area contributed by atoms with Gasteiger partial charge < -0.3 is 5.32 Å². The van der Waals surface area contributed by atoms with Gasteiger partial charge in [-0.2, -0.15) is 0 Å². The molecule has 1 heterocycles. The molecule has 0 spiro atoms. The molecule has 0 fully saturated rings. The van der Waals surface area contributed by atoms with E-state index in [2.05, 4.69) is 31.3 Å². The first kappa shape index (κ1) is 20.3. The third-order valence-electron chi connectivity index (χ3n) is 4.41. The molecule has 0 saturated carbocycles. The van der Waals surface area contributed by atoms with Crippen LogP contribution < -0.4 is 5.32 Å². The van der Waals surface area contributed by atoms with Gasteiger partial charge in [-0.1, -0.05) is 45.7 Å². The highest BCUT2D eigenvalue weighted by atomic mass is 79.9. The fourth-order valence-electron chi connectivity index (χ4n) is 2.81. The third-order valence-corrected chi connectivity index (χ3v) is 5.35. The maximum absolute atomic E-state index is 13.1. The van der Waals surface area contributed by atoms with Crippen molar-refractivity contribution in [2.24, 2.45) is 0 Å². The largest absolute Gasteiger partial charge is 0.319 e. The number of hydrogen-bond donors (Lipinski definition) is 1. The highest BCUT2D eigenvalue weighted by Crippen LogP contribution is 2.26. The van der Waals surface area contributed by atoms with Gasteiger partial charge in [-0.15, -0.1) is 5.10 Å². The molecule has 4 rings (SSSR count). The fourth-order valence-corrected chi connectivity index (χ4v) is 3.25. The number of aryl methyl sites for hydroxylation is 1. The first-order chi connectivity index (χ1) is 14.4. The summed E-state index contributed by atoms with van der Waals surface area (Å²) in [6.45, 7) is 1.91. The predicted molar refractivity (Wildman–Crippen MR) is 119 cm³/mol. The van der Waals surface area contributed by atoms with Crippen molar-refractivity contribution < 1.29 is 9.18 Å². The zero-order chi connectivity index (χ0) is 21.3. The number of carbonyl (C=O) groups excluding carboxylic acids is 1. The third kappa shape index (κ3) is 4.27. The summed E-state index contributed by atoms with van der Waals surface area (Å²) in [5.74, 6) is -0.415. The number of nitrogens with one attached hydrogen (secondary N) is 1. The second-order valence-corrected chi connectivity index (χ2v) is 7.90. The number of rotatable bonds is 4. The van der Waals surface area contributed by atoms with E-state index in [-0.39, 0.29) is 11.6 Å². The van der Waals surface area contributed by atoms with E-state index in [1.54, 1.807) is 10.7 Å². The van der Waals surface area contributed by atoms with Crippen LogP contribution in [0, 0.1) is 12.7 Å². The number of hydrogen-bond acceptors (Lipinski definition) is 3. The van der Waals surface area contributed by atoms with Crippen LogP contribution in [0.5, 0.6) is 0 Å². The smallest absolute Gasteiger partial charge is 0.295 e. The van der Waals surface area contributed by atoms with E-state index in [0.29, 0.717) is 22.2 Å². The number of carbonyl (C=O) groups is 1. The summed E-state index contributed by atoms with van der Waals surface area (Å²) in [5.41, 5.74) is 2.83. The van der Waals surface area contributed by atoms with Gasteiger partial charge in [0, 0.05) is 20.7 Å². The number of amides is 1.